The molecule has 2 atom stereocenters. The van der Waals surface area contributed by atoms with Crippen LogP contribution in [0.4, 0.5) is 19.0 Å². The molecule has 1 N–H and O–H groups in total. The number of hydrogen-bond donors (Lipinski definition) is 1. The van der Waals surface area contributed by atoms with E-state index in [0.717, 1.165) is 12.3 Å². The number of alkyl halides is 3. The second-order valence-corrected chi connectivity index (χ2v) is 5.78. The van der Waals surface area contributed by atoms with Crippen LogP contribution in [0.25, 0.3) is 0 Å². The molecule has 22 heavy (non-hydrogen) atoms. The minimum atomic E-state index is -4.49. The zero-order valence-corrected chi connectivity index (χ0v) is 12.1. The molecule has 2 aliphatic rings. The zero-order chi connectivity index (χ0) is 15.9. The molecule has 5 nitrogen and oxygen atoms in total. The molecule has 2 fully saturated rings. The number of amides is 1. The van der Waals surface area contributed by atoms with Crippen LogP contribution in [0.15, 0.2) is 12.3 Å². The highest BCUT2D eigenvalue weighted by Gasteiger charge is 2.36. The molecular formula is C13H13ClF3N3O2. The molecular weight excluding hydrogens is 323 g/mol. The summed E-state index contributed by atoms with van der Waals surface area (Å²) < 4.78 is 43.4. The van der Waals surface area contributed by atoms with E-state index in [-0.39, 0.29) is 29.4 Å². The summed E-state index contributed by atoms with van der Waals surface area (Å²) >= 11 is 5.97. The van der Waals surface area contributed by atoms with Crippen LogP contribution in [-0.4, -0.2) is 43.2 Å². The van der Waals surface area contributed by atoms with Gasteiger partial charge in [0.25, 0.3) is 0 Å². The lowest BCUT2D eigenvalue weighted by atomic mass is 10.1. The van der Waals surface area contributed by atoms with E-state index in [4.69, 9.17) is 16.3 Å². The van der Waals surface area contributed by atoms with Gasteiger partial charge < -0.3 is 15.0 Å². The SMILES string of the molecule is O=C1N[C@@H]2COC[C@H]1CN(c1ncc(C(F)(F)F)cc1Cl)C2. The maximum Gasteiger partial charge on any atom is 0.417 e. The average Bonchev–Trinajstić information content (AvgIpc) is 2.66. The van der Waals surface area contributed by atoms with Gasteiger partial charge in [0.1, 0.15) is 5.82 Å². The number of nitrogens with one attached hydrogen (secondary N) is 1. The Morgan fingerprint density at radius 1 is 1.36 bits per heavy atom. The second kappa shape index (κ2) is 5.58. The van der Waals surface area contributed by atoms with Crippen molar-refractivity contribution >= 4 is 23.3 Å². The number of anilines is 1. The molecule has 2 aliphatic heterocycles. The van der Waals surface area contributed by atoms with Gasteiger partial charge in [0.05, 0.1) is 35.8 Å². The van der Waals surface area contributed by atoms with Crippen LogP contribution in [0.5, 0.6) is 0 Å². The minimum absolute atomic E-state index is 0.0804. The van der Waals surface area contributed by atoms with Crippen LogP contribution in [-0.2, 0) is 15.7 Å². The normalized spacial score (nSPS) is 25.6. The Hall–Kier alpha value is -1.54. The Balaban J connectivity index is 1.89. The Morgan fingerprint density at radius 2 is 2.14 bits per heavy atom. The third-order valence-corrected chi connectivity index (χ3v) is 3.96. The fraction of sp³-hybridized carbons (Fsp3) is 0.538. The van der Waals surface area contributed by atoms with E-state index in [2.05, 4.69) is 10.3 Å². The van der Waals surface area contributed by atoms with Gasteiger partial charge in [-0.05, 0) is 6.07 Å². The van der Waals surface area contributed by atoms with Gasteiger partial charge >= 0.3 is 6.18 Å². The summed E-state index contributed by atoms with van der Waals surface area (Å²) in [6.45, 7) is 1.33. The number of halogens is 4. The van der Waals surface area contributed by atoms with Gasteiger partial charge in [-0.25, -0.2) is 4.98 Å². The van der Waals surface area contributed by atoms with E-state index in [1.54, 1.807) is 4.90 Å². The molecule has 2 bridgehead atoms. The van der Waals surface area contributed by atoms with Crippen molar-refractivity contribution in [1.82, 2.24) is 10.3 Å². The van der Waals surface area contributed by atoms with Crippen LogP contribution < -0.4 is 10.2 Å². The summed E-state index contributed by atoms with van der Waals surface area (Å²) in [6, 6.07) is 0.621. The standard InChI is InChI=1S/C13H13ClF3N3O2/c14-10-1-8(13(15,16)17)2-18-11(10)20-3-7-5-22-6-9(4-20)19-12(7)21/h1-2,7,9H,3-6H2,(H,19,21)/t7-,9+/m1/s1. The molecule has 1 amide bonds. The third-order valence-electron chi connectivity index (χ3n) is 3.69. The van der Waals surface area contributed by atoms with Gasteiger partial charge in [-0.15, -0.1) is 0 Å². The first-order chi connectivity index (χ1) is 10.3. The third kappa shape index (κ3) is 2.98. The highest BCUT2D eigenvalue weighted by atomic mass is 35.5. The smallest absolute Gasteiger partial charge is 0.378 e. The van der Waals surface area contributed by atoms with Crippen molar-refractivity contribution in [3.05, 3.63) is 22.8 Å². The lowest BCUT2D eigenvalue weighted by molar-refractivity contribution is -0.137. The topological polar surface area (TPSA) is 54.5 Å². The number of pyridine rings is 1. The van der Waals surface area contributed by atoms with Crippen molar-refractivity contribution < 1.29 is 22.7 Å². The van der Waals surface area contributed by atoms with Gasteiger partial charge in [0, 0.05) is 19.3 Å². The number of ether oxygens (including phenoxy) is 1. The largest absolute Gasteiger partial charge is 0.417 e. The van der Waals surface area contributed by atoms with Crippen molar-refractivity contribution in [3.8, 4) is 0 Å². The van der Waals surface area contributed by atoms with Gasteiger partial charge in [-0.1, -0.05) is 11.6 Å². The second-order valence-electron chi connectivity index (χ2n) is 5.37. The van der Waals surface area contributed by atoms with Crippen molar-refractivity contribution in [2.75, 3.05) is 31.2 Å². The molecule has 0 spiro atoms. The molecule has 0 aromatic carbocycles. The molecule has 0 aliphatic carbocycles. The fourth-order valence-corrected chi connectivity index (χ4v) is 2.91. The van der Waals surface area contributed by atoms with Gasteiger partial charge in [0.2, 0.25) is 5.91 Å². The molecule has 120 valence electrons. The number of aromatic nitrogens is 1. The van der Waals surface area contributed by atoms with Crippen molar-refractivity contribution in [2.45, 2.75) is 12.2 Å². The van der Waals surface area contributed by atoms with Gasteiger partial charge in [-0.3, -0.25) is 4.79 Å². The van der Waals surface area contributed by atoms with Gasteiger partial charge in [0.15, 0.2) is 0 Å². The monoisotopic (exact) mass is 335 g/mol. The summed E-state index contributed by atoms with van der Waals surface area (Å²) in [5.74, 6) is -0.260. The quantitative estimate of drug-likeness (QED) is 0.849. The van der Waals surface area contributed by atoms with E-state index < -0.39 is 17.7 Å². The number of carbonyl (C=O) groups excluding carboxylic acids is 1. The van der Waals surface area contributed by atoms with E-state index in [0.29, 0.717) is 19.7 Å². The molecule has 3 rings (SSSR count). The maximum atomic E-state index is 12.7. The fourth-order valence-electron chi connectivity index (χ4n) is 2.62. The Morgan fingerprint density at radius 3 is 2.82 bits per heavy atom. The molecule has 0 radical (unpaired) electrons. The van der Waals surface area contributed by atoms with E-state index in [1.807, 2.05) is 0 Å². The lowest BCUT2D eigenvalue weighted by Crippen LogP contribution is -2.42. The minimum Gasteiger partial charge on any atom is -0.378 e. The van der Waals surface area contributed by atoms with E-state index >= 15 is 0 Å². The summed E-state index contributed by atoms with van der Waals surface area (Å²) in [7, 11) is 0. The molecule has 0 unspecified atom stereocenters. The Kier molecular flexibility index (Phi) is 3.90. The van der Waals surface area contributed by atoms with Crippen LogP contribution in [0.2, 0.25) is 5.02 Å². The highest BCUT2D eigenvalue weighted by molar-refractivity contribution is 6.33. The summed E-state index contributed by atoms with van der Waals surface area (Å²) in [4.78, 5) is 17.5. The van der Waals surface area contributed by atoms with Crippen LogP contribution in [0, 0.1) is 5.92 Å². The molecule has 1 aromatic heterocycles. The molecule has 3 heterocycles. The first-order valence-electron chi connectivity index (χ1n) is 6.70. The van der Waals surface area contributed by atoms with E-state index in [1.165, 1.54) is 0 Å². The molecule has 1 aromatic rings. The van der Waals surface area contributed by atoms with Crippen molar-refractivity contribution in [1.29, 1.82) is 0 Å². The average molecular weight is 336 g/mol. The summed E-state index contributed by atoms with van der Waals surface area (Å²) in [5.41, 5.74) is -0.895. The Labute approximate surface area is 129 Å². The predicted octanol–water partition coefficient (Wildman–Crippen LogP) is 1.71. The maximum absolute atomic E-state index is 12.7. The zero-order valence-electron chi connectivity index (χ0n) is 11.4. The lowest BCUT2D eigenvalue weighted by Gasteiger charge is -2.29. The molecule has 0 saturated carbocycles. The molecule has 2 saturated heterocycles. The van der Waals surface area contributed by atoms with Crippen LogP contribution in [0.1, 0.15) is 5.56 Å². The first kappa shape index (κ1) is 15.4. The first-order valence-corrected chi connectivity index (χ1v) is 7.08. The van der Waals surface area contributed by atoms with Crippen LogP contribution in [0.3, 0.4) is 0 Å². The number of nitrogens with zero attached hydrogens (tertiary/aromatic N) is 2. The van der Waals surface area contributed by atoms with E-state index in [9.17, 15) is 18.0 Å². The number of fused-ring (bicyclic) bond motifs is 3. The Bertz CT molecular complexity index is 596. The van der Waals surface area contributed by atoms with Crippen molar-refractivity contribution in [3.63, 3.8) is 0 Å². The summed E-state index contributed by atoms with van der Waals surface area (Å²) in [6.07, 6.45) is -3.73. The number of hydrogen-bond acceptors (Lipinski definition) is 4. The summed E-state index contributed by atoms with van der Waals surface area (Å²) in [5, 5.41) is 2.76. The highest BCUT2D eigenvalue weighted by Crippen LogP contribution is 2.34. The number of carbonyl (C=O) groups is 1. The molecule has 9 heteroatoms. The van der Waals surface area contributed by atoms with Gasteiger partial charge in [-0.2, -0.15) is 13.2 Å². The number of rotatable bonds is 1. The predicted molar refractivity (Wildman–Crippen MR) is 72.7 cm³/mol. The van der Waals surface area contributed by atoms with Crippen molar-refractivity contribution in [2.24, 2.45) is 5.92 Å². The van der Waals surface area contributed by atoms with Crippen LogP contribution >= 0.6 is 11.6 Å².